The van der Waals surface area contributed by atoms with E-state index in [9.17, 15) is 55.2 Å². The number of nitrogens with one attached hydrogen (secondary N) is 12. The summed E-state index contributed by atoms with van der Waals surface area (Å²) in [7, 11) is 0. The summed E-state index contributed by atoms with van der Waals surface area (Å²) in [6.07, 6.45) is -0.914. The minimum absolute atomic E-state index is 0.0609. The molecule has 37 nitrogen and oxygen atoms in total. The van der Waals surface area contributed by atoms with Crippen LogP contribution in [0.25, 0.3) is 11.1 Å². The van der Waals surface area contributed by atoms with Crippen LogP contribution in [0.3, 0.4) is 0 Å². The Morgan fingerprint density at radius 3 is 1.58 bits per heavy atom. The lowest BCUT2D eigenvalue weighted by Gasteiger charge is -2.32. The number of amides is 8. The first-order chi connectivity index (χ1) is 60.2. The normalized spacial score (nSPS) is 19.2. The van der Waals surface area contributed by atoms with Crippen LogP contribution in [0.1, 0.15) is 139 Å². The van der Waals surface area contributed by atoms with Crippen molar-refractivity contribution in [1.82, 2.24) is 63.8 Å². The maximum Gasteiger partial charge on any atom is 0.334 e. The number of carbonyl (C=O) groups is 9. The zero-order valence-electron chi connectivity index (χ0n) is 68.2. The summed E-state index contributed by atoms with van der Waals surface area (Å²) in [6.45, 7) is 5.55. The van der Waals surface area contributed by atoms with Gasteiger partial charge in [0.2, 0.25) is 41.2 Å². The molecule has 0 radical (unpaired) electrons. The zero-order chi connectivity index (χ0) is 89.4. The quantitative estimate of drug-likeness (QED) is 0.0203. The fraction of sp³-hybridized carbons (Fsp3) is 0.407. The molecule has 670 valence electrons. The van der Waals surface area contributed by atoms with Crippen molar-refractivity contribution in [3.63, 3.8) is 0 Å². The third-order valence-electron chi connectivity index (χ3n) is 21.0. The van der Waals surface area contributed by atoms with E-state index in [1.54, 1.807) is 0 Å². The van der Waals surface area contributed by atoms with Gasteiger partial charge in [-0.15, -0.1) is 0 Å². The molecule has 0 aliphatic carbocycles. The van der Waals surface area contributed by atoms with E-state index in [2.05, 4.69) is 63.8 Å². The molecular formula is C86H105Cl2N15O22. The molecule has 39 heteroatoms. The number of benzene rings is 7. The van der Waals surface area contributed by atoms with Crippen LogP contribution in [0.15, 0.2) is 115 Å². The molecule has 2 unspecified atom stereocenters. The molecule has 7 aromatic rings. The standard InChI is InChI=1S/C86H105Cl2N15O22/c87-56-33-45-9-15-62(56)122-67-40-50-41-68(77(67)124-64(17-31-104)79(113)96-29-7-27-94-23-3-1-21-92-25-5-19-89)123-63-16-12-48(38-57(63)88)76(111)75-85(119)102-74(86(120)125-65(18-32-105)80(114)97-30-8-28-95-24-4-2-22-93-26-6-20-90)55-43-52(107)44-61(110)69(55)54-37-47(11-13-59(54)108)71(82(116)103-75)100-84(118)73(50)101-83(117)72-49-35-51(106)42-53(36-49)121-66-39-46(10-14-60(66)109)70(91)81(115)98-58(34-45)78(112)99-72/h9-16,33,35-44,58,64-65,70-76,92-95,104-111H,1-8,17-32,34,89-91H2,(H,96,113)(H,97,114)(H,98,115)(H,99,112)(H,100,118)(H,101,117)(H,102,119)(H,103,116)/t58-,64?,65?,70-,71-,72+,73-,74-,75+,76-/m1/s1. The molecule has 0 saturated carbocycles. The van der Waals surface area contributed by atoms with Gasteiger partial charge in [-0.2, -0.15) is 0 Å². The van der Waals surface area contributed by atoms with Gasteiger partial charge in [-0.1, -0.05) is 47.5 Å². The topological polar surface area (TPSA) is 584 Å². The van der Waals surface area contributed by atoms with Crippen molar-refractivity contribution in [2.45, 2.75) is 131 Å². The number of ether oxygens (including phenoxy) is 5. The van der Waals surface area contributed by atoms with Crippen molar-refractivity contribution in [3.05, 3.63) is 164 Å². The van der Waals surface area contributed by atoms with Gasteiger partial charge in [0.15, 0.2) is 41.2 Å². The number of fused-ring (bicyclic) bond motifs is 14. The number of halogens is 2. The highest BCUT2D eigenvalue weighted by Crippen LogP contribution is 2.50. The predicted octanol–water partition coefficient (Wildman–Crippen LogP) is 3.25. The van der Waals surface area contributed by atoms with Gasteiger partial charge in [-0.05, 0) is 229 Å². The summed E-state index contributed by atoms with van der Waals surface area (Å²) in [5.74, 6) is -16.7. The molecular weight excluding hydrogens is 1670 g/mol. The lowest BCUT2D eigenvalue weighted by Crippen LogP contribution is -2.55. The molecule has 0 saturated heterocycles. The highest BCUT2D eigenvalue weighted by Gasteiger charge is 2.43. The molecule has 0 fully saturated rings. The Morgan fingerprint density at radius 1 is 0.464 bits per heavy atom. The Hall–Kier alpha value is -11.9. The first kappa shape index (κ1) is 93.8. The second-order valence-corrected chi connectivity index (χ2v) is 31.1. The lowest BCUT2D eigenvalue weighted by atomic mass is 9.89. The maximum atomic E-state index is 16.5. The van der Waals surface area contributed by atoms with Gasteiger partial charge < -0.3 is 146 Å². The van der Waals surface area contributed by atoms with Crippen molar-refractivity contribution in [3.8, 4) is 80.1 Å². The monoisotopic (exact) mass is 1770 g/mol. The number of aliphatic hydroxyl groups is 3. The number of aliphatic hydroxyl groups excluding tert-OH is 3. The largest absolute Gasteiger partial charge is 0.508 e. The van der Waals surface area contributed by atoms with Crippen LogP contribution in [-0.4, -0.2) is 210 Å². The Morgan fingerprint density at radius 2 is 0.976 bits per heavy atom. The van der Waals surface area contributed by atoms with E-state index in [1.807, 2.05) is 0 Å². The first-order valence-electron chi connectivity index (χ1n) is 41.2. The molecule has 26 N–H and O–H groups in total. The third kappa shape index (κ3) is 24.8. The summed E-state index contributed by atoms with van der Waals surface area (Å²) >= 11 is 14.4. The molecule has 6 heterocycles. The fourth-order valence-corrected chi connectivity index (χ4v) is 14.9. The molecule has 17 bridgehead atoms. The van der Waals surface area contributed by atoms with E-state index in [1.165, 1.54) is 54.6 Å². The number of rotatable bonds is 34. The van der Waals surface area contributed by atoms with E-state index in [0.717, 1.165) is 125 Å². The molecule has 0 spiro atoms. The van der Waals surface area contributed by atoms with Crippen LogP contribution in [0, 0.1) is 0 Å². The van der Waals surface area contributed by atoms with Crippen molar-refractivity contribution in [2.24, 2.45) is 17.2 Å². The molecule has 10 atom stereocenters. The number of phenols is 5. The number of phenolic OH excluding ortho intramolecular Hbond substituents is 5. The van der Waals surface area contributed by atoms with Crippen LogP contribution in [0.5, 0.6) is 69.0 Å². The van der Waals surface area contributed by atoms with Crippen molar-refractivity contribution in [1.29, 1.82) is 0 Å². The van der Waals surface area contributed by atoms with Crippen LogP contribution < -0.4 is 99.9 Å². The lowest BCUT2D eigenvalue weighted by molar-refractivity contribution is -0.160. The summed E-state index contributed by atoms with van der Waals surface area (Å²) in [6, 6.07) is 7.43. The molecule has 7 aromatic carbocycles. The SMILES string of the molecule is NCCCNCCCCNCCCNC(=O)C(CCO)OC(=O)[C@@H]1NC(=O)[C@H]2NC(=O)[C@H](NC(=O)[C@@H]3NC(=O)[C@H]4NC(=O)[C@@H](Cc5ccc(c(Cl)c5)Oc5cc3cc(c5OC(CCO)C(=O)NCCCNCCCCNCCCN)Oc3ccc(cc3Cl)[C@H]2O)NC(=O)[C@H](N)c2ccc(O)c(c2)Oc2cc(O)cc4c2)c2ccc(O)c(c2)-c2c(O)cc(O)cc21. The number of hydrogen-bond acceptors (Lipinski definition) is 29. The van der Waals surface area contributed by atoms with E-state index >= 15 is 28.8 Å². The van der Waals surface area contributed by atoms with Crippen LogP contribution in [-0.2, 0) is 54.3 Å². The van der Waals surface area contributed by atoms with Gasteiger partial charge >= 0.3 is 5.97 Å². The van der Waals surface area contributed by atoms with Crippen LogP contribution in [0.2, 0.25) is 10.0 Å². The molecule has 6 aliphatic heterocycles. The van der Waals surface area contributed by atoms with Gasteiger partial charge in [0.25, 0.3) is 11.8 Å². The van der Waals surface area contributed by atoms with Crippen LogP contribution in [0.4, 0.5) is 0 Å². The Labute approximate surface area is 728 Å². The number of aromatic hydroxyl groups is 5. The zero-order valence-corrected chi connectivity index (χ0v) is 69.7. The maximum absolute atomic E-state index is 16.5. The highest BCUT2D eigenvalue weighted by atomic mass is 35.5. The van der Waals surface area contributed by atoms with Crippen LogP contribution >= 0.6 is 23.2 Å². The summed E-state index contributed by atoms with van der Waals surface area (Å²) in [4.78, 5) is 138. The van der Waals surface area contributed by atoms with Gasteiger partial charge in [-0.25, -0.2) is 4.79 Å². The minimum Gasteiger partial charge on any atom is -0.508 e. The number of esters is 1. The van der Waals surface area contributed by atoms with E-state index in [0.29, 0.717) is 52.1 Å². The van der Waals surface area contributed by atoms with Crippen molar-refractivity contribution >= 4 is 76.4 Å². The molecule has 0 aromatic heterocycles. The molecule has 6 aliphatic rings. The molecule has 13 rings (SSSR count). The number of carbonyl (C=O) groups excluding carboxylic acids is 9. The van der Waals surface area contributed by atoms with E-state index in [4.69, 9.17) is 64.1 Å². The third-order valence-corrected chi connectivity index (χ3v) is 21.6. The second-order valence-electron chi connectivity index (χ2n) is 30.3. The van der Waals surface area contributed by atoms with E-state index in [-0.39, 0.29) is 68.9 Å². The van der Waals surface area contributed by atoms with Gasteiger partial charge in [-0.3, -0.25) is 38.4 Å². The number of nitrogens with two attached hydrogens (primary N) is 3. The molecule has 125 heavy (non-hydrogen) atoms. The van der Waals surface area contributed by atoms with Crippen molar-refractivity contribution < 1.29 is 108 Å². The van der Waals surface area contributed by atoms with Gasteiger partial charge in [0.05, 0.1) is 10.0 Å². The minimum atomic E-state index is -2.35. The van der Waals surface area contributed by atoms with Gasteiger partial charge in [0.1, 0.15) is 82.6 Å². The second kappa shape index (κ2) is 45.2. The Kier molecular flexibility index (Phi) is 33.9. The fourth-order valence-electron chi connectivity index (χ4n) is 14.4. The molecule has 8 amide bonds. The number of unbranched alkanes of at least 4 members (excludes halogenated alkanes) is 2. The Bertz CT molecular complexity index is 5030. The van der Waals surface area contributed by atoms with E-state index < -0.39 is 220 Å². The summed E-state index contributed by atoms with van der Waals surface area (Å²) < 4.78 is 32.1. The highest BCUT2D eigenvalue weighted by molar-refractivity contribution is 6.32. The predicted molar refractivity (Wildman–Crippen MR) is 456 cm³/mol. The summed E-state index contributed by atoms with van der Waals surface area (Å²) in [5.41, 5.74) is 15.2. The number of hydrogen-bond donors (Lipinski definition) is 23. The Balaban J connectivity index is 1.05. The van der Waals surface area contributed by atoms with Gasteiger partial charge in [0, 0.05) is 74.4 Å². The first-order valence-corrected chi connectivity index (χ1v) is 42.0. The summed E-state index contributed by atoms with van der Waals surface area (Å²) in [5, 5.41) is 126. The smallest absolute Gasteiger partial charge is 0.334 e. The van der Waals surface area contributed by atoms with Crippen molar-refractivity contribution in [2.75, 3.05) is 91.8 Å². The average molecular weight is 1770 g/mol. The average Bonchev–Trinajstić information content (AvgIpc) is 0.763.